The Labute approximate surface area is 195 Å². The van der Waals surface area contributed by atoms with Crippen LogP contribution in [0.2, 0.25) is 5.02 Å². The fraction of sp³-hybridized carbons (Fsp3) is 0.240. The number of hydrogen-bond acceptors (Lipinski definition) is 3. The molecule has 0 aliphatic carbocycles. The monoisotopic (exact) mass is 470 g/mol. The number of nitrogens with zero attached hydrogens (tertiary/aromatic N) is 1. The maximum absolute atomic E-state index is 13.4. The van der Waals surface area contributed by atoms with Crippen molar-refractivity contribution in [2.75, 3.05) is 17.4 Å². The van der Waals surface area contributed by atoms with E-state index in [0.29, 0.717) is 22.8 Å². The quantitative estimate of drug-likeness (QED) is 0.452. The molecule has 0 spiro atoms. The van der Waals surface area contributed by atoms with Crippen molar-refractivity contribution in [3.63, 3.8) is 0 Å². The molecule has 32 heavy (non-hydrogen) atoms. The normalized spacial score (nSPS) is 11.2. The number of amides is 1. The summed E-state index contributed by atoms with van der Waals surface area (Å²) in [5.41, 5.74) is 3.39. The minimum Gasteiger partial charge on any atom is -0.355 e. The van der Waals surface area contributed by atoms with Crippen LogP contribution in [0, 0.1) is 13.8 Å². The van der Waals surface area contributed by atoms with Crippen molar-refractivity contribution in [3.8, 4) is 0 Å². The van der Waals surface area contributed by atoms with E-state index in [1.54, 1.807) is 43.3 Å². The minimum atomic E-state index is -3.95. The Hall–Kier alpha value is -2.83. The summed E-state index contributed by atoms with van der Waals surface area (Å²) in [6.45, 7) is 3.91. The van der Waals surface area contributed by atoms with Crippen molar-refractivity contribution < 1.29 is 13.2 Å². The average Bonchev–Trinajstić information content (AvgIpc) is 2.79. The lowest BCUT2D eigenvalue weighted by molar-refractivity contribution is -0.119. The zero-order chi connectivity index (χ0) is 23.1. The lowest BCUT2D eigenvalue weighted by Gasteiger charge is -2.26. The Morgan fingerprint density at radius 3 is 2.31 bits per heavy atom. The van der Waals surface area contributed by atoms with E-state index in [-0.39, 0.29) is 17.3 Å². The van der Waals surface area contributed by atoms with E-state index in [1.807, 2.05) is 6.92 Å². The number of anilines is 1. The Kier molecular flexibility index (Phi) is 7.94. The molecule has 0 radical (unpaired) electrons. The van der Waals surface area contributed by atoms with Gasteiger partial charge in [0.25, 0.3) is 10.0 Å². The summed E-state index contributed by atoms with van der Waals surface area (Å²) in [5, 5.41) is 3.28. The molecule has 0 unspecified atom stereocenters. The summed E-state index contributed by atoms with van der Waals surface area (Å²) in [6.07, 6.45) is 1.59. The maximum atomic E-state index is 13.4. The minimum absolute atomic E-state index is 0.117. The van der Waals surface area contributed by atoms with E-state index in [9.17, 15) is 13.2 Å². The molecule has 0 aliphatic rings. The number of carbonyl (C=O) groups excluding carboxylic acids is 1. The van der Waals surface area contributed by atoms with Crippen LogP contribution in [0.1, 0.15) is 23.1 Å². The van der Waals surface area contributed by atoms with Gasteiger partial charge >= 0.3 is 0 Å². The molecule has 0 saturated heterocycles. The second-order valence-corrected chi connectivity index (χ2v) is 9.92. The van der Waals surface area contributed by atoms with Crippen LogP contribution < -0.4 is 9.62 Å². The zero-order valence-corrected chi connectivity index (χ0v) is 19.8. The van der Waals surface area contributed by atoms with Crippen LogP contribution >= 0.6 is 11.6 Å². The van der Waals surface area contributed by atoms with Gasteiger partial charge in [-0.3, -0.25) is 9.10 Å². The largest absolute Gasteiger partial charge is 0.355 e. The second-order valence-electron chi connectivity index (χ2n) is 7.65. The highest BCUT2D eigenvalue weighted by Gasteiger charge is 2.28. The lowest BCUT2D eigenvalue weighted by Crippen LogP contribution is -2.41. The highest BCUT2D eigenvalue weighted by Crippen LogP contribution is 2.30. The van der Waals surface area contributed by atoms with Crippen LogP contribution in [-0.4, -0.2) is 27.4 Å². The number of rotatable bonds is 9. The predicted octanol–water partition coefficient (Wildman–Crippen LogP) is 4.90. The first kappa shape index (κ1) is 23.8. The van der Waals surface area contributed by atoms with Crippen LogP contribution in [0.25, 0.3) is 0 Å². The number of halogens is 1. The molecule has 1 amide bonds. The van der Waals surface area contributed by atoms with Gasteiger partial charge < -0.3 is 5.32 Å². The molecule has 0 fully saturated rings. The molecule has 1 N–H and O–H groups in total. The molecule has 3 aromatic carbocycles. The fourth-order valence-electron chi connectivity index (χ4n) is 3.35. The first-order valence-electron chi connectivity index (χ1n) is 10.4. The summed E-state index contributed by atoms with van der Waals surface area (Å²) >= 11 is 6.24. The van der Waals surface area contributed by atoms with Gasteiger partial charge in [-0.1, -0.05) is 65.7 Å². The Balaban J connectivity index is 1.73. The lowest BCUT2D eigenvalue weighted by atomic mass is 10.1. The van der Waals surface area contributed by atoms with E-state index in [2.05, 4.69) is 29.6 Å². The average molecular weight is 471 g/mol. The molecule has 3 aromatic rings. The number of aryl methyl sites for hydroxylation is 2. The van der Waals surface area contributed by atoms with Crippen LogP contribution in [0.4, 0.5) is 5.69 Å². The van der Waals surface area contributed by atoms with Gasteiger partial charge in [-0.05, 0) is 62.1 Å². The van der Waals surface area contributed by atoms with Crippen molar-refractivity contribution in [2.45, 2.75) is 31.6 Å². The van der Waals surface area contributed by atoms with Gasteiger partial charge in [0, 0.05) is 11.6 Å². The first-order chi connectivity index (χ1) is 15.3. The summed E-state index contributed by atoms with van der Waals surface area (Å²) in [7, 11) is -3.95. The third kappa shape index (κ3) is 5.90. The van der Waals surface area contributed by atoms with Crippen molar-refractivity contribution in [3.05, 3.63) is 94.5 Å². The Bertz CT molecular complexity index is 1160. The van der Waals surface area contributed by atoms with Crippen LogP contribution in [0.5, 0.6) is 0 Å². The van der Waals surface area contributed by atoms with Gasteiger partial charge in [-0.25, -0.2) is 8.42 Å². The molecular weight excluding hydrogens is 444 g/mol. The van der Waals surface area contributed by atoms with E-state index < -0.39 is 10.0 Å². The van der Waals surface area contributed by atoms with Crippen molar-refractivity contribution in [1.29, 1.82) is 0 Å². The second kappa shape index (κ2) is 10.7. The molecule has 0 bridgehead atoms. The van der Waals surface area contributed by atoms with Gasteiger partial charge in [0.1, 0.15) is 6.54 Å². The number of hydrogen-bond donors (Lipinski definition) is 1. The molecule has 5 nitrogen and oxygen atoms in total. The van der Waals surface area contributed by atoms with E-state index >= 15 is 0 Å². The first-order valence-corrected chi connectivity index (χ1v) is 12.3. The van der Waals surface area contributed by atoms with Crippen molar-refractivity contribution >= 4 is 33.2 Å². The van der Waals surface area contributed by atoms with Gasteiger partial charge in [0.05, 0.1) is 10.6 Å². The van der Waals surface area contributed by atoms with Gasteiger partial charge in [-0.2, -0.15) is 0 Å². The molecule has 3 rings (SSSR count). The van der Waals surface area contributed by atoms with Crippen LogP contribution in [0.3, 0.4) is 0 Å². The van der Waals surface area contributed by atoms with E-state index in [4.69, 9.17) is 11.6 Å². The number of nitrogens with one attached hydrogen (secondary N) is 1. The summed E-state index contributed by atoms with van der Waals surface area (Å²) in [6, 6.07) is 21.4. The Morgan fingerprint density at radius 2 is 1.62 bits per heavy atom. The molecule has 7 heteroatoms. The third-order valence-electron chi connectivity index (χ3n) is 5.21. The predicted molar refractivity (Wildman–Crippen MR) is 130 cm³/mol. The van der Waals surface area contributed by atoms with Crippen molar-refractivity contribution in [2.24, 2.45) is 0 Å². The SMILES string of the molecule is Cc1ccc(CCCNC(=O)CN(c2cccc(Cl)c2C)S(=O)(=O)c2ccccc2)cc1. The van der Waals surface area contributed by atoms with Crippen LogP contribution in [-0.2, 0) is 21.2 Å². The number of benzene rings is 3. The number of carbonyl (C=O) groups is 1. The molecule has 0 heterocycles. The topological polar surface area (TPSA) is 66.5 Å². The van der Waals surface area contributed by atoms with Crippen molar-refractivity contribution in [1.82, 2.24) is 5.32 Å². The highest BCUT2D eigenvalue weighted by molar-refractivity contribution is 7.92. The smallest absolute Gasteiger partial charge is 0.264 e. The maximum Gasteiger partial charge on any atom is 0.264 e. The van der Waals surface area contributed by atoms with Gasteiger partial charge in [0.15, 0.2) is 0 Å². The molecule has 0 aromatic heterocycles. The Morgan fingerprint density at radius 1 is 0.938 bits per heavy atom. The van der Waals surface area contributed by atoms with E-state index in [0.717, 1.165) is 17.1 Å². The third-order valence-corrected chi connectivity index (χ3v) is 7.39. The standard InChI is InChI=1S/C25H27ClN2O3S/c1-19-13-15-21(16-14-19)8-7-17-27-25(29)18-28(24-12-6-11-23(26)20(24)2)32(30,31)22-9-4-3-5-10-22/h3-6,9-16H,7-8,17-18H2,1-2H3,(H,27,29). The number of sulfonamides is 1. The van der Waals surface area contributed by atoms with Crippen LogP contribution in [0.15, 0.2) is 77.7 Å². The molecular formula is C25H27ClN2O3S. The zero-order valence-electron chi connectivity index (χ0n) is 18.2. The highest BCUT2D eigenvalue weighted by atomic mass is 35.5. The summed E-state index contributed by atoms with van der Waals surface area (Å²) < 4.78 is 27.9. The molecule has 0 saturated carbocycles. The van der Waals surface area contributed by atoms with E-state index in [1.165, 1.54) is 23.3 Å². The van der Waals surface area contributed by atoms with Gasteiger partial charge in [0.2, 0.25) is 5.91 Å². The molecule has 168 valence electrons. The summed E-state index contributed by atoms with van der Waals surface area (Å²) in [4.78, 5) is 12.8. The molecule has 0 atom stereocenters. The summed E-state index contributed by atoms with van der Waals surface area (Å²) in [5.74, 6) is -0.368. The van der Waals surface area contributed by atoms with Gasteiger partial charge in [-0.15, -0.1) is 0 Å². The fourth-order valence-corrected chi connectivity index (χ4v) is 5.02. The molecule has 0 aliphatic heterocycles.